The first-order valence-corrected chi connectivity index (χ1v) is 6.06. The van der Waals surface area contributed by atoms with Crippen LogP contribution in [-0.4, -0.2) is 6.54 Å². The summed E-state index contributed by atoms with van der Waals surface area (Å²) in [5.74, 6) is 0. The summed E-state index contributed by atoms with van der Waals surface area (Å²) >= 11 is 0. The van der Waals surface area contributed by atoms with E-state index >= 15 is 0 Å². The summed E-state index contributed by atoms with van der Waals surface area (Å²) in [4.78, 5) is 0. The van der Waals surface area contributed by atoms with Gasteiger partial charge in [-0.15, -0.1) is 0 Å². The van der Waals surface area contributed by atoms with Crippen LogP contribution in [0, 0.1) is 0 Å². The molecule has 0 amide bonds. The first kappa shape index (κ1) is 17.4. The van der Waals surface area contributed by atoms with Crippen LogP contribution in [0.15, 0.2) is 0 Å². The van der Waals surface area contributed by atoms with Crippen LogP contribution in [0.3, 0.4) is 0 Å². The predicted molar refractivity (Wildman–Crippen MR) is 61.0 cm³/mol. The molecule has 0 atom stereocenters. The molecule has 0 aromatic rings. The molecule has 80 valence electrons. The number of rotatable bonds is 10. The van der Waals surface area contributed by atoms with Crippen molar-refractivity contribution in [1.82, 2.24) is 0 Å². The average Bonchev–Trinajstić information content (AvgIpc) is 2.16. The fourth-order valence-corrected chi connectivity index (χ4v) is 1.61. The summed E-state index contributed by atoms with van der Waals surface area (Å²) in [7, 11) is 0. The van der Waals surface area contributed by atoms with Gasteiger partial charge in [0.05, 0.1) is 0 Å². The normalized spacial score (nSPS) is 9.86. The molecule has 0 aliphatic carbocycles. The van der Waals surface area contributed by atoms with Crippen molar-refractivity contribution in [3.63, 3.8) is 0 Å². The van der Waals surface area contributed by atoms with E-state index < -0.39 is 0 Å². The largest absolute Gasteiger partial charge is 1.00 e. The molecule has 0 radical (unpaired) electrons. The molecule has 0 fully saturated rings. The van der Waals surface area contributed by atoms with Gasteiger partial charge >= 0.3 is 29.6 Å². The third-order valence-electron chi connectivity index (χ3n) is 2.53. The van der Waals surface area contributed by atoms with Crippen LogP contribution in [0.25, 0.3) is 5.73 Å². The second-order valence-electron chi connectivity index (χ2n) is 3.93. The molecular formula is C12H26NNa. The Balaban J connectivity index is 0. The first-order valence-electron chi connectivity index (χ1n) is 6.06. The van der Waals surface area contributed by atoms with Crippen molar-refractivity contribution in [1.29, 1.82) is 0 Å². The zero-order valence-corrected chi connectivity index (χ0v) is 12.3. The van der Waals surface area contributed by atoms with Crippen LogP contribution in [-0.2, 0) is 0 Å². The molecule has 0 saturated carbocycles. The third kappa shape index (κ3) is 15.4. The molecule has 1 nitrogen and oxygen atoms in total. The van der Waals surface area contributed by atoms with Crippen molar-refractivity contribution in [2.45, 2.75) is 71.1 Å². The molecule has 0 saturated heterocycles. The first-order chi connectivity index (χ1) is 6.41. The molecule has 0 aliphatic heterocycles. The van der Waals surface area contributed by atoms with Gasteiger partial charge in [0, 0.05) is 0 Å². The number of nitrogens with one attached hydrogen (secondary N) is 1. The van der Waals surface area contributed by atoms with Gasteiger partial charge in [-0.05, 0) is 0 Å². The zero-order chi connectivity index (χ0) is 9.78. The molecule has 1 N–H and O–H groups in total. The predicted octanol–water partition coefficient (Wildman–Crippen LogP) is 1.96. The molecule has 0 spiro atoms. The van der Waals surface area contributed by atoms with Crippen molar-refractivity contribution < 1.29 is 29.6 Å². The topological polar surface area (TPSA) is 23.8 Å². The fraction of sp³-hybridized carbons (Fsp3) is 1.00. The Kier molecular flexibility index (Phi) is 20.3. The molecule has 0 bridgehead atoms. The summed E-state index contributed by atoms with van der Waals surface area (Å²) in [6, 6.07) is 0. The van der Waals surface area contributed by atoms with E-state index in [1.807, 2.05) is 0 Å². The van der Waals surface area contributed by atoms with E-state index in [2.05, 4.69) is 6.92 Å². The van der Waals surface area contributed by atoms with Crippen LogP contribution in [0.5, 0.6) is 0 Å². The Labute approximate surface area is 113 Å². The van der Waals surface area contributed by atoms with E-state index in [4.69, 9.17) is 5.73 Å². The van der Waals surface area contributed by atoms with Crippen LogP contribution < -0.4 is 29.6 Å². The molecular weight excluding hydrogens is 181 g/mol. The van der Waals surface area contributed by atoms with Crippen LogP contribution >= 0.6 is 0 Å². The van der Waals surface area contributed by atoms with E-state index in [0.29, 0.717) is 6.54 Å². The summed E-state index contributed by atoms with van der Waals surface area (Å²) in [5.41, 5.74) is 7.00. The van der Waals surface area contributed by atoms with E-state index in [-0.39, 0.29) is 29.6 Å². The van der Waals surface area contributed by atoms with Gasteiger partial charge in [-0.25, -0.2) is 0 Å². The number of hydrogen-bond donors (Lipinski definition) is 0. The SMILES string of the molecule is CCCCCCCCCCCC[NH-].[Na+]. The molecule has 0 unspecified atom stereocenters. The van der Waals surface area contributed by atoms with Gasteiger partial charge in [-0.3, -0.25) is 0 Å². The van der Waals surface area contributed by atoms with Crippen molar-refractivity contribution >= 4 is 0 Å². The van der Waals surface area contributed by atoms with E-state index in [0.717, 1.165) is 6.42 Å². The Morgan fingerprint density at radius 3 is 1.36 bits per heavy atom. The van der Waals surface area contributed by atoms with E-state index in [1.165, 1.54) is 57.8 Å². The monoisotopic (exact) mass is 207 g/mol. The number of hydrogen-bond acceptors (Lipinski definition) is 0. The Morgan fingerprint density at radius 2 is 1.00 bits per heavy atom. The molecule has 0 heterocycles. The van der Waals surface area contributed by atoms with Crippen LogP contribution in [0.1, 0.15) is 71.1 Å². The van der Waals surface area contributed by atoms with E-state index in [9.17, 15) is 0 Å². The molecule has 0 aromatic carbocycles. The second kappa shape index (κ2) is 16.4. The Bertz CT molecular complexity index is 76.4. The van der Waals surface area contributed by atoms with Gasteiger partial charge in [0.25, 0.3) is 0 Å². The minimum atomic E-state index is 0. The molecule has 0 aliphatic rings. The van der Waals surface area contributed by atoms with Crippen molar-refractivity contribution in [3.05, 3.63) is 5.73 Å². The minimum absolute atomic E-state index is 0. The molecule has 2 heteroatoms. The Morgan fingerprint density at radius 1 is 0.643 bits per heavy atom. The summed E-state index contributed by atoms with van der Waals surface area (Å²) in [6.45, 7) is 2.89. The maximum absolute atomic E-state index is 7.00. The summed E-state index contributed by atoms with van der Waals surface area (Å²) < 4.78 is 0. The van der Waals surface area contributed by atoms with Gasteiger partial charge in [0.15, 0.2) is 0 Å². The van der Waals surface area contributed by atoms with Gasteiger partial charge in [-0.2, -0.15) is 6.54 Å². The van der Waals surface area contributed by atoms with Gasteiger partial charge in [-0.1, -0.05) is 71.1 Å². The molecule has 14 heavy (non-hydrogen) atoms. The molecule has 0 aromatic heterocycles. The average molecular weight is 207 g/mol. The smallest absolute Gasteiger partial charge is 0.677 e. The third-order valence-corrected chi connectivity index (χ3v) is 2.53. The van der Waals surface area contributed by atoms with Gasteiger partial charge in [0.1, 0.15) is 0 Å². The quantitative estimate of drug-likeness (QED) is 0.386. The van der Waals surface area contributed by atoms with Gasteiger partial charge < -0.3 is 5.73 Å². The standard InChI is InChI=1S/C12H26N.Na/c1-2-3-4-5-6-7-8-9-10-11-12-13;/h13H,2-12H2,1H3;/q-1;+1. The zero-order valence-electron chi connectivity index (χ0n) is 10.3. The minimum Gasteiger partial charge on any atom is -0.677 e. The maximum Gasteiger partial charge on any atom is 1.00 e. The summed E-state index contributed by atoms with van der Waals surface area (Å²) in [5, 5.41) is 0. The van der Waals surface area contributed by atoms with Crippen LogP contribution in [0.2, 0.25) is 0 Å². The van der Waals surface area contributed by atoms with Gasteiger partial charge in [0.2, 0.25) is 0 Å². The maximum atomic E-state index is 7.00. The van der Waals surface area contributed by atoms with Crippen molar-refractivity contribution in [2.75, 3.05) is 6.54 Å². The summed E-state index contributed by atoms with van der Waals surface area (Å²) in [6.07, 6.45) is 13.6. The number of unbranched alkanes of at least 4 members (excludes halogenated alkanes) is 9. The fourth-order valence-electron chi connectivity index (χ4n) is 1.61. The van der Waals surface area contributed by atoms with Crippen molar-refractivity contribution in [2.24, 2.45) is 0 Å². The van der Waals surface area contributed by atoms with Crippen molar-refractivity contribution in [3.8, 4) is 0 Å². The second-order valence-corrected chi connectivity index (χ2v) is 3.93. The van der Waals surface area contributed by atoms with E-state index in [1.54, 1.807) is 0 Å². The van der Waals surface area contributed by atoms with Crippen LogP contribution in [0.4, 0.5) is 0 Å². The Hall–Kier alpha value is 0.960. The molecule has 0 rings (SSSR count).